The maximum absolute atomic E-state index is 5.30. The molecule has 0 spiro atoms. The van der Waals surface area contributed by atoms with Crippen molar-refractivity contribution in [3.63, 3.8) is 0 Å². The summed E-state index contributed by atoms with van der Waals surface area (Å²) in [7, 11) is 0. The predicted octanol–water partition coefficient (Wildman–Crippen LogP) is 11.4. The number of pyridine rings is 2. The average molecular weight is 830 g/mol. The Balaban J connectivity index is 0.00000327. The Hall–Kier alpha value is -6.09. The zero-order valence-electron chi connectivity index (χ0n) is 27.1. The average Bonchev–Trinajstić information content (AvgIpc) is 3.85. The van der Waals surface area contributed by atoms with Crippen LogP contribution in [-0.2, 0) is 21.1 Å². The van der Waals surface area contributed by atoms with E-state index in [9.17, 15) is 0 Å². The van der Waals surface area contributed by atoms with Crippen molar-refractivity contribution in [1.82, 2.24) is 19.4 Å². The first-order chi connectivity index (χ1) is 24.8. The van der Waals surface area contributed by atoms with E-state index in [0.29, 0.717) is 0 Å². The van der Waals surface area contributed by atoms with Crippen LogP contribution in [0.15, 0.2) is 158 Å². The third kappa shape index (κ3) is 4.50. The Morgan fingerprint density at radius 2 is 1.18 bits per heavy atom. The summed E-state index contributed by atoms with van der Waals surface area (Å²) in [6, 6.07) is 57.3. The van der Waals surface area contributed by atoms with Gasteiger partial charge in [0.2, 0.25) is 0 Å². The van der Waals surface area contributed by atoms with Crippen molar-refractivity contribution in [2.45, 2.75) is 0 Å². The van der Waals surface area contributed by atoms with E-state index in [2.05, 4.69) is 156 Å². The zero-order chi connectivity index (χ0) is 32.8. The number of benzene rings is 6. The summed E-state index contributed by atoms with van der Waals surface area (Å²) >= 11 is 0. The summed E-state index contributed by atoms with van der Waals surface area (Å²) in [5.41, 5.74) is 13.5. The Labute approximate surface area is 307 Å². The molecule has 0 saturated heterocycles. The number of hydrogen-bond acceptors (Lipinski definition) is 2. The smallest absolute Gasteiger partial charge is 0.663 e. The Morgan fingerprint density at radius 3 is 1.98 bits per heavy atom. The van der Waals surface area contributed by atoms with Gasteiger partial charge in [0.05, 0.1) is 5.52 Å². The van der Waals surface area contributed by atoms with Gasteiger partial charge in [-0.05, 0) is 57.3 Å². The molecule has 0 atom stereocenters. The van der Waals surface area contributed by atoms with Crippen molar-refractivity contribution in [2.75, 3.05) is 0 Å². The van der Waals surface area contributed by atoms with Crippen LogP contribution in [0.4, 0.5) is 0 Å². The molecule has 51 heavy (non-hydrogen) atoms. The van der Waals surface area contributed by atoms with E-state index in [-0.39, 0.29) is 21.1 Å². The van der Waals surface area contributed by atoms with Crippen molar-refractivity contribution in [3.05, 3.63) is 164 Å². The summed E-state index contributed by atoms with van der Waals surface area (Å²) in [5.74, 6) is 0. The fourth-order valence-corrected chi connectivity index (χ4v) is 7.81. The van der Waals surface area contributed by atoms with Crippen LogP contribution in [0.5, 0.6) is 0 Å². The van der Waals surface area contributed by atoms with Crippen molar-refractivity contribution < 1.29 is 21.1 Å². The molecular weight excluding hydrogens is 804 g/mol. The van der Waals surface area contributed by atoms with E-state index < -0.39 is 0 Å². The third-order valence-electron chi connectivity index (χ3n) is 10.1. The van der Waals surface area contributed by atoms with Crippen LogP contribution >= 0.6 is 0 Å². The van der Waals surface area contributed by atoms with Gasteiger partial charge in [0.25, 0.3) is 0 Å². The van der Waals surface area contributed by atoms with Gasteiger partial charge in [-0.15, -0.1) is 35.3 Å². The standard InChI is InChI=1S/C46H26N4.Pt/c1-3-10-28(11-4-1)30-19-21-42-39(25-30)40-27-33(29-12-5-2-6-13-29)26-38(43(40)48-42)31-14-7-15-32(24-31)41-22-20-37-35-17-8-16-34-36-18-9-23-47-45(36)50(44(34)35)46(37)49-41;/h1-23,25-27H;/q-2;+2. The molecular formula is C46H26N4Pt. The first-order valence-corrected chi connectivity index (χ1v) is 16.9. The summed E-state index contributed by atoms with van der Waals surface area (Å²) < 4.78 is 2.22. The van der Waals surface area contributed by atoms with Crippen LogP contribution in [0.2, 0.25) is 0 Å². The molecule has 0 amide bonds. The van der Waals surface area contributed by atoms with E-state index in [0.717, 1.165) is 71.8 Å². The fraction of sp³-hybridized carbons (Fsp3) is 0. The molecule has 5 heteroatoms. The van der Waals surface area contributed by atoms with Gasteiger partial charge in [0.15, 0.2) is 0 Å². The van der Waals surface area contributed by atoms with Crippen LogP contribution in [0, 0.1) is 6.07 Å². The van der Waals surface area contributed by atoms with E-state index in [1.807, 2.05) is 12.3 Å². The minimum Gasteiger partial charge on any atom is -0.663 e. The molecule has 0 unspecified atom stereocenters. The van der Waals surface area contributed by atoms with Crippen LogP contribution < -0.4 is 4.98 Å². The minimum atomic E-state index is 0. The molecule has 6 aromatic carbocycles. The fourth-order valence-electron chi connectivity index (χ4n) is 7.81. The van der Waals surface area contributed by atoms with Crippen molar-refractivity contribution in [3.8, 4) is 44.6 Å². The molecule has 0 fully saturated rings. The molecule has 11 rings (SSSR count). The molecule has 0 N–H and O–H groups in total. The number of rotatable bonds is 4. The topological polar surface area (TPSA) is 44.3 Å². The minimum absolute atomic E-state index is 0. The van der Waals surface area contributed by atoms with Gasteiger partial charge < -0.3 is 4.98 Å². The monoisotopic (exact) mass is 829 g/mol. The molecule has 0 radical (unpaired) electrons. The molecule has 0 aliphatic carbocycles. The van der Waals surface area contributed by atoms with E-state index in [4.69, 9.17) is 15.0 Å². The molecule has 240 valence electrons. The second kappa shape index (κ2) is 11.5. The molecule has 11 aromatic rings. The molecule has 0 aliphatic heterocycles. The zero-order valence-corrected chi connectivity index (χ0v) is 29.4. The van der Waals surface area contributed by atoms with Crippen molar-refractivity contribution in [1.29, 1.82) is 0 Å². The first-order valence-electron chi connectivity index (χ1n) is 16.9. The Kier molecular flexibility index (Phi) is 6.71. The second-order valence-electron chi connectivity index (χ2n) is 13.0. The van der Waals surface area contributed by atoms with E-state index in [1.54, 1.807) is 0 Å². The third-order valence-corrected chi connectivity index (χ3v) is 10.1. The Bertz CT molecular complexity index is 3090. The maximum atomic E-state index is 5.30. The van der Waals surface area contributed by atoms with Gasteiger partial charge >= 0.3 is 21.1 Å². The predicted molar refractivity (Wildman–Crippen MR) is 206 cm³/mol. The number of hydrogen-bond donors (Lipinski definition) is 0. The second-order valence-corrected chi connectivity index (χ2v) is 13.0. The van der Waals surface area contributed by atoms with Crippen molar-refractivity contribution >= 4 is 60.2 Å². The summed E-state index contributed by atoms with van der Waals surface area (Å²) in [6.45, 7) is 0. The van der Waals surface area contributed by atoms with Gasteiger partial charge in [-0.1, -0.05) is 120 Å². The Morgan fingerprint density at radius 1 is 0.490 bits per heavy atom. The van der Waals surface area contributed by atoms with Crippen LogP contribution in [-0.4, -0.2) is 14.4 Å². The molecule has 5 aromatic heterocycles. The van der Waals surface area contributed by atoms with Crippen LogP contribution in [0.3, 0.4) is 0 Å². The number of aromatic nitrogens is 4. The van der Waals surface area contributed by atoms with Gasteiger partial charge in [-0.3, -0.25) is 9.38 Å². The van der Waals surface area contributed by atoms with Crippen LogP contribution in [0.25, 0.3) is 105 Å². The maximum Gasteiger partial charge on any atom is 2.00 e. The largest absolute Gasteiger partial charge is 2.00 e. The number of para-hydroxylation sites is 1. The SMILES string of the molecule is [Pt+2].[c-]1c(-c2ccc3c4cccc5c6cccnc6n(c3n2)c54)cccc1-c1cc(-c2ccccc2)cc2c1[n-]c1ccc(-c3ccccc3)cc12. The van der Waals surface area contributed by atoms with Gasteiger partial charge in [-0.25, -0.2) is 4.98 Å². The normalized spacial score (nSPS) is 11.8. The number of fused-ring (bicyclic) bond motifs is 9. The van der Waals surface area contributed by atoms with Gasteiger partial charge in [0.1, 0.15) is 11.3 Å². The molecule has 4 nitrogen and oxygen atoms in total. The molecule has 0 saturated carbocycles. The summed E-state index contributed by atoms with van der Waals surface area (Å²) in [5, 5.41) is 6.94. The van der Waals surface area contributed by atoms with Crippen molar-refractivity contribution in [2.24, 2.45) is 0 Å². The molecule has 0 aliphatic rings. The quantitative estimate of drug-likeness (QED) is 0.166. The molecule has 0 bridgehead atoms. The molecule has 5 heterocycles. The van der Waals surface area contributed by atoms with E-state index >= 15 is 0 Å². The van der Waals surface area contributed by atoms with E-state index in [1.165, 1.54) is 33.0 Å². The summed E-state index contributed by atoms with van der Waals surface area (Å²) in [4.78, 5) is 15.3. The first kappa shape index (κ1) is 29.8. The van der Waals surface area contributed by atoms with Gasteiger partial charge in [0, 0.05) is 33.4 Å². The number of nitrogens with zero attached hydrogens (tertiary/aromatic N) is 4. The van der Waals surface area contributed by atoms with Gasteiger partial charge in [-0.2, -0.15) is 5.52 Å². The summed E-state index contributed by atoms with van der Waals surface area (Å²) in [6.07, 6.45) is 1.86. The van der Waals surface area contributed by atoms with Crippen LogP contribution in [0.1, 0.15) is 0 Å².